The van der Waals surface area contributed by atoms with E-state index >= 15 is 0 Å². The number of methoxy groups -OCH3 is 2. The number of carboxylic acids is 1. The first-order valence-corrected chi connectivity index (χ1v) is 8.07. The van der Waals surface area contributed by atoms with Crippen LogP contribution < -0.4 is 19.5 Å². The van der Waals surface area contributed by atoms with E-state index in [2.05, 4.69) is 5.32 Å². The van der Waals surface area contributed by atoms with E-state index in [1.807, 2.05) is 6.07 Å². The van der Waals surface area contributed by atoms with Gasteiger partial charge in [0.25, 0.3) is 5.91 Å². The predicted molar refractivity (Wildman–Crippen MR) is 101 cm³/mol. The molecule has 144 valence electrons. The van der Waals surface area contributed by atoms with Gasteiger partial charge in [-0.1, -0.05) is 18.2 Å². The topological polar surface area (TPSA) is 118 Å². The molecule has 28 heavy (non-hydrogen) atoms. The summed E-state index contributed by atoms with van der Waals surface area (Å²) in [5, 5.41) is 20.7. The molecule has 8 heteroatoms. The molecule has 0 aromatic heterocycles. The van der Waals surface area contributed by atoms with E-state index in [0.29, 0.717) is 22.7 Å². The number of ether oxygens (including phenoxy) is 3. The quantitative estimate of drug-likeness (QED) is 0.532. The Labute approximate surface area is 161 Å². The molecule has 0 bridgehead atoms. The number of carbonyl (C=O) groups is 2. The minimum Gasteiger partial charge on any atom is -0.493 e. The summed E-state index contributed by atoms with van der Waals surface area (Å²) >= 11 is 0. The van der Waals surface area contributed by atoms with Crippen molar-refractivity contribution in [1.82, 2.24) is 0 Å². The van der Waals surface area contributed by atoms with Crippen molar-refractivity contribution < 1.29 is 28.9 Å². The van der Waals surface area contributed by atoms with Crippen molar-refractivity contribution in [1.29, 1.82) is 5.26 Å². The molecule has 8 nitrogen and oxygen atoms in total. The lowest BCUT2D eigenvalue weighted by molar-refractivity contribution is -0.139. The van der Waals surface area contributed by atoms with Gasteiger partial charge in [-0.25, -0.2) is 4.79 Å². The number of nitrogens with zero attached hydrogens (tertiary/aromatic N) is 1. The van der Waals surface area contributed by atoms with Gasteiger partial charge in [-0.05, 0) is 24.3 Å². The standard InChI is InChI=1S/C20H18N2O6/c1-26-17-8-7-15(10-18(17)27-2)22-20(25)14(11-21)9-13-5-3-4-6-16(13)28-12-19(23)24/h3-10H,12H2,1-2H3,(H,22,25)(H,23,24)/b14-9+. The minimum absolute atomic E-state index is 0.179. The van der Waals surface area contributed by atoms with E-state index in [4.69, 9.17) is 19.3 Å². The largest absolute Gasteiger partial charge is 0.493 e. The molecular formula is C20H18N2O6. The van der Waals surface area contributed by atoms with Gasteiger partial charge in [0.15, 0.2) is 18.1 Å². The molecular weight excluding hydrogens is 364 g/mol. The van der Waals surface area contributed by atoms with Crippen LogP contribution in [0.4, 0.5) is 5.69 Å². The molecule has 0 heterocycles. The van der Waals surface area contributed by atoms with E-state index in [1.54, 1.807) is 42.5 Å². The van der Waals surface area contributed by atoms with Crippen LogP contribution in [0.25, 0.3) is 6.08 Å². The predicted octanol–water partition coefficient (Wildman–Crippen LogP) is 2.71. The van der Waals surface area contributed by atoms with Crippen LogP contribution in [0.2, 0.25) is 0 Å². The summed E-state index contributed by atoms with van der Waals surface area (Å²) in [4.78, 5) is 23.2. The number of carboxylic acid groups (broad SMARTS) is 1. The zero-order chi connectivity index (χ0) is 20.5. The van der Waals surface area contributed by atoms with Crippen LogP contribution >= 0.6 is 0 Å². The Bertz CT molecular complexity index is 946. The van der Waals surface area contributed by atoms with Crippen molar-refractivity contribution in [3.05, 3.63) is 53.6 Å². The third-order valence-corrected chi connectivity index (χ3v) is 3.58. The second-order valence-electron chi connectivity index (χ2n) is 5.41. The Balaban J connectivity index is 2.25. The summed E-state index contributed by atoms with van der Waals surface area (Å²) in [7, 11) is 2.97. The molecule has 0 aliphatic carbocycles. The highest BCUT2D eigenvalue weighted by molar-refractivity contribution is 6.10. The van der Waals surface area contributed by atoms with Crippen molar-refractivity contribution in [3.8, 4) is 23.3 Å². The molecule has 0 saturated carbocycles. The molecule has 2 N–H and O–H groups in total. The van der Waals surface area contributed by atoms with Crippen molar-refractivity contribution in [2.75, 3.05) is 26.1 Å². The highest BCUT2D eigenvalue weighted by Gasteiger charge is 2.13. The van der Waals surface area contributed by atoms with Crippen molar-refractivity contribution >= 4 is 23.6 Å². The van der Waals surface area contributed by atoms with Gasteiger partial charge < -0.3 is 24.6 Å². The summed E-state index contributed by atoms with van der Waals surface area (Å²) in [5.74, 6) is -0.596. The van der Waals surface area contributed by atoms with Crippen LogP contribution in [-0.2, 0) is 9.59 Å². The number of nitrogens with one attached hydrogen (secondary N) is 1. The summed E-state index contributed by atoms with van der Waals surface area (Å²) < 4.78 is 15.5. The lowest BCUT2D eigenvalue weighted by Crippen LogP contribution is -2.14. The van der Waals surface area contributed by atoms with Crippen LogP contribution in [0.15, 0.2) is 48.0 Å². The van der Waals surface area contributed by atoms with Gasteiger partial charge in [0, 0.05) is 17.3 Å². The molecule has 2 rings (SSSR count). The number of rotatable bonds is 8. The highest BCUT2D eigenvalue weighted by Crippen LogP contribution is 2.30. The molecule has 2 aromatic rings. The molecule has 0 aliphatic rings. The molecule has 0 aliphatic heterocycles. The lowest BCUT2D eigenvalue weighted by Gasteiger charge is -2.11. The van der Waals surface area contributed by atoms with Crippen LogP contribution in [0.3, 0.4) is 0 Å². The van der Waals surface area contributed by atoms with E-state index in [0.717, 1.165) is 0 Å². The molecule has 0 spiro atoms. The van der Waals surface area contributed by atoms with Gasteiger partial charge in [-0.3, -0.25) is 4.79 Å². The van der Waals surface area contributed by atoms with Crippen LogP contribution in [-0.4, -0.2) is 37.8 Å². The Morgan fingerprint density at radius 3 is 2.46 bits per heavy atom. The summed E-state index contributed by atoms with van der Waals surface area (Å²) in [6.45, 7) is -0.537. The Morgan fingerprint density at radius 2 is 1.82 bits per heavy atom. The Kier molecular flexibility index (Phi) is 6.99. The number of benzene rings is 2. The maximum Gasteiger partial charge on any atom is 0.341 e. The molecule has 0 fully saturated rings. The van der Waals surface area contributed by atoms with E-state index in [-0.39, 0.29) is 11.3 Å². The lowest BCUT2D eigenvalue weighted by atomic mass is 10.1. The average molecular weight is 382 g/mol. The molecule has 0 unspecified atom stereocenters. The zero-order valence-corrected chi connectivity index (χ0v) is 15.3. The van der Waals surface area contributed by atoms with Crippen molar-refractivity contribution in [2.45, 2.75) is 0 Å². The maximum absolute atomic E-state index is 12.5. The minimum atomic E-state index is -1.13. The molecule has 0 atom stereocenters. The van der Waals surface area contributed by atoms with Crippen LogP contribution in [0.1, 0.15) is 5.56 Å². The van der Waals surface area contributed by atoms with E-state index in [1.165, 1.54) is 20.3 Å². The molecule has 2 aromatic carbocycles. The number of hydrogen-bond donors (Lipinski definition) is 2. The Hall–Kier alpha value is -3.99. The number of aliphatic carboxylic acids is 1. The summed E-state index contributed by atoms with van der Waals surface area (Å²) in [6.07, 6.45) is 1.33. The first-order chi connectivity index (χ1) is 13.5. The fraction of sp³-hybridized carbons (Fsp3) is 0.150. The normalized spacial score (nSPS) is 10.5. The Morgan fingerprint density at radius 1 is 1.11 bits per heavy atom. The number of amides is 1. The summed E-state index contributed by atoms with van der Waals surface area (Å²) in [5.41, 5.74) is 0.642. The zero-order valence-electron chi connectivity index (χ0n) is 15.3. The third kappa shape index (κ3) is 5.25. The smallest absolute Gasteiger partial charge is 0.341 e. The van der Waals surface area contributed by atoms with Gasteiger partial charge in [0.2, 0.25) is 0 Å². The van der Waals surface area contributed by atoms with Gasteiger partial charge in [0.05, 0.1) is 14.2 Å². The van der Waals surface area contributed by atoms with Gasteiger partial charge >= 0.3 is 5.97 Å². The van der Waals surface area contributed by atoms with E-state index in [9.17, 15) is 14.9 Å². The first kappa shape index (κ1) is 20.3. The van der Waals surface area contributed by atoms with Crippen LogP contribution in [0.5, 0.6) is 17.2 Å². The number of nitriles is 1. The fourth-order valence-corrected chi connectivity index (χ4v) is 2.29. The van der Waals surface area contributed by atoms with E-state index < -0.39 is 18.5 Å². The molecule has 1 amide bonds. The van der Waals surface area contributed by atoms with Crippen molar-refractivity contribution in [3.63, 3.8) is 0 Å². The van der Waals surface area contributed by atoms with Crippen LogP contribution in [0, 0.1) is 11.3 Å². The monoisotopic (exact) mass is 382 g/mol. The second-order valence-corrected chi connectivity index (χ2v) is 5.41. The summed E-state index contributed by atoms with van der Waals surface area (Å²) in [6, 6.07) is 13.1. The van der Waals surface area contributed by atoms with Gasteiger partial charge in [0.1, 0.15) is 17.4 Å². The maximum atomic E-state index is 12.5. The van der Waals surface area contributed by atoms with Gasteiger partial charge in [-0.15, -0.1) is 0 Å². The third-order valence-electron chi connectivity index (χ3n) is 3.58. The average Bonchev–Trinajstić information content (AvgIpc) is 2.70. The molecule has 0 radical (unpaired) electrons. The van der Waals surface area contributed by atoms with Gasteiger partial charge in [-0.2, -0.15) is 5.26 Å². The first-order valence-electron chi connectivity index (χ1n) is 8.07. The number of hydrogen-bond acceptors (Lipinski definition) is 6. The fourth-order valence-electron chi connectivity index (χ4n) is 2.29. The van der Waals surface area contributed by atoms with Crippen molar-refractivity contribution in [2.24, 2.45) is 0 Å². The number of carbonyl (C=O) groups excluding carboxylic acids is 1. The molecule has 0 saturated heterocycles. The number of anilines is 1. The number of para-hydroxylation sites is 1. The SMILES string of the molecule is COc1ccc(NC(=O)/C(C#N)=C/c2ccccc2OCC(=O)O)cc1OC. The highest BCUT2D eigenvalue weighted by atomic mass is 16.5. The second kappa shape index (κ2) is 9.64.